The maximum Gasteiger partial charge on any atom is 0.219 e. The van der Waals surface area contributed by atoms with Gasteiger partial charge in [0.15, 0.2) is 0 Å². The van der Waals surface area contributed by atoms with Crippen molar-refractivity contribution < 1.29 is 4.79 Å². The molecule has 0 radical (unpaired) electrons. The zero-order valence-corrected chi connectivity index (χ0v) is 8.30. The molecule has 1 heterocycles. The van der Waals surface area contributed by atoms with E-state index in [2.05, 4.69) is 22.6 Å². The van der Waals surface area contributed by atoms with Crippen LogP contribution in [0.2, 0.25) is 0 Å². The molecule has 58 valence electrons. The third kappa shape index (κ3) is 2.11. The van der Waals surface area contributed by atoms with E-state index in [0.29, 0.717) is 0 Å². The number of carbonyl (C=O) groups is 1. The Balaban J connectivity index is 2.33. The van der Waals surface area contributed by atoms with E-state index >= 15 is 0 Å². The van der Waals surface area contributed by atoms with Crippen LogP contribution in [0.25, 0.3) is 0 Å². The Kier molecular flexibility index (Phi) is 2.95. The zero-order chi connectivity index (χ0) is 7.56. The first-order valence-electron chi connectivity index (χ1n) is 3.59. The number of rotatable bonds is 0. The largest absolute Gasteiger partial charge is 0.343 e. The van der Waals surface area contributed by atoms with Crippen molar-refractivity contribution in [3.63, 3.8) is 0 Å². The summed E-state index contributed by atoms with van der Waals surface area (Å²) in [5.74, 6) is 0.225. The highest BCUT2D eigenvalue weighted by molar-refractivity contribution is 14.1. The highest BCUT2D eigenvalue weighted by atomic mass is 127. The highest BCUT2D eigenvalue weighted by Gasteiger charge is 2.17. The molecule has 0 aromatic carbocycles. The van der Waals surface area contributed by atoms with Gasteiger partial charge in [0.05, 0.1) is 0 Å². The molecule has 0 spiro atoms. The number of hydrogen-bond acceptors (Lipinski definition) is 1. The van der Waals surface area contributed by atoms with E-state index in [-0.39, 0.29) is 5.91 Å². The third-order valence-corrected chi connectivity index (χ3v) is 3.12. The third-order valence-electron chi connectivity index (χ3n) is 1.87. The van der Waals surface area contributed by atoms with Crippen LogP contribution in [0.15, 0.2) is 0 Å². The van der Waals surface area contributed by atoms with Crippen LogP contribution < -0.4 is 0 Å². The molecule has 1 rings (SSSR count). The van der Waals surface area contributed by atoms with Crippen LogP contribution in [0.3, 0.4) is 0 Å². The van der Waals surface area contributed by atoms with Gasteiger partial charge in [-0.3, -0.25) is 4.79 Å². The quantitative estimate of drug-likeness (QED) is 0.472. The predicted molar refractivity (Wildman–Crippen MR) is 49.3 cm³/mol. The van der Waals surface area contributed by atoms with Gasteiger partial charge in [-0.2, -0.15) is 0 Å². The summed E-state index contributed by atoms with van der Waals surface area (Å²) in [5, 5.41) is 0. The molecule has 1 saturated heterocycles. The lowest BCUT2D eigenvalue weighted by atomic mass is 10.1. The maximum absolute atomic E-state index is 10.8. The lowest BCUT2D eigenvalue weighted by molar-refractivity contribution is -0.129. The highest BCUT2D eigenvalue weighted by Crippen LogP contribution is 2.17. The second-order valence-corrected chi connectivity index (χ2v) is 4.44. The summed E-state index contributed by atoms with van der Waals surface area (Å²) < 4.78 is 0.785. The smallest absolute Gasteiger partial charge is 0.219 e. The molecule has 0 aromatic heterocycles. The van der Waals surface area contributed by atoms with Crippen LogP contribution in [-0.4, -0.2) is 27.8 Å². The molecule has 1 aliphatic rings. The van der Waals surface area contributed by atoms with Crippen molar-refractivity contribution in [1.82, 2.24) is 4.90 Å². The maximum atomic E-state index is 10.8. The van der Waals surface area contributed by atoms with E-state index < -0.39 is 0 Å². The van der Waals surface area contributed by atoms with Gasteiger partial charge in [0.25, 0.3) is 0 Å². The molecule has 1 fully saturated rings. The Hall–Kier alpha value is 0.200. The zero-order valence-electron chi connectivity index (χ0n) is 6.14. The van der Waals surface area contributed by atoms with Gasteiger partial charge in [-0.25, -0.2) is 0 Å². The minimum Gasteiger partial charge on any atom is -0.343 e. The number of amides is 1. The fourth-order valence-corrected chi connectivity index (χ4v) is 1.72. The van der Waals surface area contributed by atoms with Gasteiger partial charge in [0, 0.05) is 23.9 Å². The van der Waals surface area contributed by atoms with Gasteiger partial charge in [-0.05, 0) is 12.8 Å². The van der Waals surface area contributed by atoms with Crippen LogP contribution in [0.5, 0.6) is 0 Å². The molecular weight excluding hydrogens is 241 g/mol. The number of carbonyl (C=O) groups excluding carboxylic acids is 1. The number of nitrogens with zero attached hydrogens (tertiary/aromatic N) is 1. The van der Waals surface area contributed by atoms with Crippen LogP contribution in [0, 0.1) is 0 Å². The Morgan fingerprint density at radius 2 is 2.00 bits per heavy atom. The van der Waals surface area contributed by atoms with Crippen LogP contribution in [0.1, 0.15) is 19.8 Å². The first kappa shape index (κ1) is 8.30. The van der Waals surface area contributed by atoms with Gasteiger partial charge in [-0.15, -0.1) is 0 Å². The van der Waals surface area contributed by atoms with E-state index in [4.69, 9.17) is 0 Å². The fraction of sp³-hybridized carbons (Fsp3) is 0.857. The summed E-state index contributed by atoms with van der Waals surface area (Å²) in [6, 6.07) is 0. The van der Waals surface area contributed by atoms with Crippen molar-refractivity contribution in [2.24, 2.45) is 0 Å². The molecule has 0 N–H and O–H groups in total. The second-order valence-electron chi connectivity index (χ2n) is 2.68. The van der Waals surface area contributed by atoms with Gasteiger partial charge >= 0.3 is 0 Å². The molecule has 10 heavy (non-hydrogen) atoms. The van der Waals surface area contributed by atoms with Crippen molar-refractivity contribution in [2.75, 3.05) is 13.1 Å². The van der Waals surface area contributed by atoms with Crippen molar-refractivity contribution in [3.05, 3.63) is 0 Å². The molecule has 0 unspecified atom stereocenters. The Morgan fingerprint density at radius 3 is 2.40 bits per heavy atom. The molecule has 0 aromatic rings. The molecule has 0 aliphatic carbocycles. The van der Waals surface area contributed by atoms with E-state index in [0.717, 1.165) is 17.0 Å². The Labute approximate surface area is 75.1 Å². The van der Waals surface area contributed by atoms with Crippen molar-refractivity contribution in [1.29, 1.82) is 0 Å². The molecule has 1 amide bonds. The minimum atomic E-state index is 0.225. The predicted octanol–water partition coefficient (Wildman–Crippen LogP) is 1.43. The van der Waals surface area contributed by atoms with E-state index in [9.17, 15) is 4.79 Å². The standard InChI is InChI=1S/C7H12INO/c1-6(10)9-4-2-7(8)3-5-9/h7H,2-5H2,1H3. The number of alkyl halides is 1. The van der Waals surface area contributed by atoms with Crippen LogP contribution in [-0.2, 0) is 4.79 Å². The number of hydrogen-bond donors (Lipinski definition) is 0. The Morgan fingerprint density at radius 1 is 1.50 bits per heavy atom. The summed E-state index contributed by atoms with van der Waals surface area (Å²) in [6.45, 7) is 3.57. The summed E-state index contributed by atoms with van der Waals surface area (Å²) in [6.07, 6.45) is 2.33. The number of halogens is 1. The average molecular weight is 253 g/mol. The van der Waals surface area contributed by atoms with Crippen molar-refractivity contribution in [3.8, 4) is 0 Å². The van der Waals surface area contributed by atoms with Gasteiger partial charge in [0.1, 0.15) is 0 Å². The average Bonchev–Trinajstić information content (AvgIpc) is 1.88. The molecule has 0 saturated carbocycles. The number of likely N-dealkylation sites (tertiary alicyclic amines) is 1. The molecule has 0 bridgehead atoms. The summed E-state index contributed by atoms with van der Waals surface area (Å²) in [7, 11) is 0. The van der Waals surface area contributed by atoms with Gasteiger partial charge in [-0.1, -0.05) is 22.6 Å². The molecular formula is C7H12INO. The summed E-state index contributed by atoms with van der Waals surface area (Å²) >= 11 is 2.45. The molecule has 3 heteroatoms. The molecule has 2 nitrogen and oxygen atoms in total. The van der Waals surface area contributed by atoms with E-state index in [1.54, 1.807) is 6.92 Å². The monoisotopic (exact) mass is 253 g/mol. The lowest BCUT2D eigenvalue weighted by Gasteiger charge is -2.28. The van der Waals surface area contributed by atoms with Gasteiger partial charge in [0.2, 0.25) is 5.91 Å². The Bertz CT molecular complexity index is 130. The fourth-order valence-electron chi connectivity index (χ4n) is 1.16. The van der Waals surface area contributed by atoms with E-state index in [1.165, 1.54) is 12.8 Å². The molecule has 0 atom stereocenters. The SMILES string of the molecule is CC(=O)N1CCC(I)CC1. The van der Waals surface area contributed by atoms with Crippen LogP contribution in [0.4, 0.5) is 0 Å². The summed E-state index contributed by atoms with van der Waals surface area (Å²) in [5.41, 5.74) is 0. The van der Waals surface area contributed by atoms with Gasteiger partial charge < -0.3 is 4.90 Å². The minimum absolute atomic E-state index is 0.225. The lowest BCUT2D eigenvalue weighted by Crippen LogP contribution is -2.37. The first-order valence-corrected chi connectivity index (χ1v) is 4.84. The normalized spacial score (nSPS) is 21.2. The van der Waals surface area contributed by atoms with Crippen molar-refractivity contribution in [2.45, 2.75) is 23.7 Å². The molecule has 1 aliphatic heterocycles. The van der Waals surface area contributed by atoms with Crippen molar-refractivity contribution >= 4 is 28.5 Å². The topological polar surface area (TPSA) is 20.3 Å². The number of piperidine rings is 1. The second kappa shape index (κ2) is 3.55. The van der Waals surface area contributed by atoms with E-state index in [1.807, 2.05) is 4.90 Å². The van der Waals surface area contributed by atoms with Crippen LogP contribution >= 0.6 is 22.6 Å². The first-order chi connectivity index (χ1) is 4.70. The summed E-state index contributed by atoms with van der Waals surface area (Å²) in [4.78, 5) is 12.8.